The van der Waals surface area contributed by atoms with Crippen molar-refractivity contribution in [3.63, 3.8) is 0 Å². The van der Waals surface area contributed by atoms with Crippen molar-refractivity contribution in [2.45, 2.75) is 38.9 Å². The fourth-order valence-electron chi connectivity index (χ4n) is 2.23. The quantitative estimate of drug-likeness (QED) is 0.929. The summed E-state index contributed by atoms with van der Waals surface area (Å²) >= 11 is 5.73. The molecule has 1 aliphatic heterocycles. The monoisotopic (exact) mass is 298 g/mol. The van der Waals surface area contributed by atoms with Crippen LogP contribution in [0.3, 0.4) is 0 Å². The number of rotatable bonds is 3. The minimum absolute atomic E-state index is 0.0103. The van der Waals surface area contributed by atoms with E-state index < -0.39 is 17.9 Å². The Morgan fingerprint density at radius 3 is 2.75 bits per heavy atom. The smallest absolute Gasteiger partial charge is 0.246 e. The summed E-state index contributed by atoms with van der Waals surface area (Å²) in [6.07, 6.45) is 0.506. The Bertz CT molecular complexity index is 550. The van der Waals surface area contributed by atoms with Gasteiger partial charge < -0.3 is 10.2 Å². The van der Waals surface area contributed by atoms with Crippen molar-refractivity contribution >= 4 is 23.4 Å². The van der Waals surface area contributed by atoms with Gasteiger partial charge >= 0.3 is 0 Å². The fourth-order valence-corrected chi connectivity index (χ4v) is 2.43. The van der Waals surface area contributed by atoms with Crippen LogP contribution in [-0.4, -0.2) is 28.8 Å². The van der Waals surface area contributed by atoms with Gasteiger partial charge in [0.15, 0.2) is 0 Å². The van der Waals surface area contributed by atoms with Gasteiger partial charge in [-0.1, -0.05) is 30.7 Å². The lowest BCUT2D eigenvalue weighted by atomic mass is 10.0. The molecule has 0 saturated carbocycles. The van der Waals surface area contributed by atoms with Crippen LogP contribution in [0.5, 0.6) is 0 Å². The maximum atomic E-state index is 13.9. The molecule has 2 atom stereocenters. The third-order valence-corrected chi connectivity index (χ3v) is 3.82. The summed E-state index contributed by atoms with van der Waals surface area (Å²) in [5.41, 5.74) is 0.308. The number of hydrogen-bond acceptors (Lipinski definition) is 2. The van der Waals surface area contributed by atoms with Crippen molar-refractivity contribution < 1.29 is 14.0 Å². The maximum absolute atomic E-state index is 13.9. The van der Waals surface area contributed by atoms with Gasteiger partial charge in [0.25, 0.3) is 0 Å². The van der Waals surface area contributed by atoms with Gasteiger partial charge in [0.2, 0.25) is 11.8 Å². The second kappa shape index (κ2) is 5.79. The van der Waals surface area contributed by atoms with E-state index >= 15 is 0 Å². The first-order chi connectivity index (χ1) is 9.45. The zero-order valence-corrected chi connectivity index (χ0v) is 12.1. The molecule has 0 aliphatic carbocycles. The topological polar surface area (TPSA) is 49.4 Å². The molecule has 0 aromatic heterocycles. The number of amides is 2. The van der Waals surface area contributed by atoms with E-state index in [1.165, 1.54) is 11.0 Å². The Hall–Kier alpha value is -1.62. The van der Waals surface area contributed by atoms with E-state index in [0.29, 0.717) is 12.0 Å². The number of halogens is 2. The number of piperazine rings is 1. The highest BCUT2D eigenvalue weighted by molar-refractivity contribution is 6.30. The predicted octanol–water partition coefficient (Wildman–Crippen LogP) is 2.10. The molecule has 0 radical (unpaired) electrons. The van der Waals surface area contributed by atoms with E-state index in [9.17, 15) is 14.0 Å². The van der Waals surface area contributed by atoms with Gasteiger partial charge in [0, 0.05) is 12.1 Å². The van der Waals surface area contributed by atoms with Crippen LogP contribution in [0.25, 0.3) is 0 Å². The Labute approximate surface area is 121 Å². The van der Waals surface area contributed by atoms with Crippen LogP contribution in [0.1, 0.15) is 25.8 Å². The average Bonchev–Trinajstić information content (AvgIpc) is 2.43. The lowest BCUT2D eigenvalue weighted by molar-refractivity contribution is -0.149. The first-order valence-corrected chi connectivity index (χ1v) is 6.87. The van der Waals surface area contributed by atoms with Crippen molar-refractivity contribution in [2.75, 3.05) is 0 Å². The third kappa shape index (κ3) is 2.63. The molecule has 1 heterocycles. The highest BCUT2D eigenvalue weighted by atomic mass is 35.5. The lowest BCUT2D eigenvalue weighted by Crippen LogP contribution is -2.61. The normalized spacial score (nSPS) is 22.9. The molecule has 2 unspecified atom stereocenters. The number of benzene rings is 1. The Morgan fingerprint density at radius 2 is 2.10 bits per heavy atom. The molecule has 0 bridgehead atoms. The molecule has 1 N–H and O–H groups in total. The third-order valence-electron chi connectivity index (χ3n) is 3.53. The van der Waals surface area contributed by atoms with E-state index in [0.717, 1.165) is 0 Å². The summed E-state index contributed by atoms with van der Waals surface area (Å²) in [6.45, 7) is 3.48. The summed E-state index contributed by atoms with van der Waals surface area (Å²) in [6, 6.07) is 3.47. The van der Waals surface area contributed by atoms with Crippen LogP contribution >= 0.6 is 11.6 Å². The molecule has 20 heavy (non-hydrogen) atoms. The lowest BCUT2D eigenvalue weighted by Gasteiger charge is -2.37. The zero-order valence-electron chi connectivity index (χ0n) is 11.3. The Kier molecular flexibility index (Phi) is 4.28. The van der Waals surface area contributed by atoms with Crippen LogP contribution in [0.15, 0.2) is 18.2 Å². The summed E-state index contributed by atoms with van der Waals surface area (Å²) < 4.78 is 13.9. The Morgan fingerprint density at radius 1 is 1.40 bits per heavy atom. The van der Waals surface area contributed by atoms with Crippen LogP contribution in [0, 0.1) is 5.82 Å². The van der Waals surface area contributed by atoms with Crippen molar-refractivity contribution in [3.8, 4) is 0 Å². The molecule has 2 rings (SSSR count). The van der Waals surface area contributed by atoms with Crippen molar-refractivity contribution in [1.82, 2.24) is 10.2 Å². The molecular formula is C14H16ClFN2O2. The van der Waals surface area contributed by atoms with E-state index in [-0.39, 0.29) is 23.4 Å². The molecule has 4 nitrogen and oxygen atoms in total. The van der Waals surface area contributed by atoms with Gasteiger partial charge in [-0.25, -0.2) is 4.39 Å². The van der Waals surface area contributed by atoms with E-state index in [1.54, 1.807) is 19.1 Å². The van der Waals surface area contributed by atoms with Gasteiger partial charge in [0.05, 0.1) is 5.02 Å². The first-order valence-electron chi connectivity index (χ1n) is 6.49. The van der Waals surface area contributed by atoms with Crippen molar-refractivity contribution in [2.24, 2.45) is 0 Å². The number of nitrogens with zero attached hydrogens (tertiary/aromatic N) is 1. The maximum Gasteiger partial charge on any atom is 0.246 e. The summed E-state index contributed by atoms with van der Waals surface area (Å²) in [4.78, 5) is 25.5. The van der Waals surface area contributed by atoms with Gasteiger partial charge in [-0.3, -0.25) is 9.59 Å². The molecule has 2 amide bonds. The molecular weight excluding hydrogens is 283 g/mol. The molecule has 1 saturated heterocycles. The molecule has 108 valence electrons. The molecule has 0 spiro atoms. The highest BCUT2D eigenvalue weighted by Gasteiger charge is 2.37. The average molecular weight is 299 g/mol. The standard InChI is InChI=1S/C14H16ClFN2O2/c1-3-11-14(20)18(8(2)13(19)17-11)7-9-5-4-6-10(15)12(9)16/h4-6,8,11H,3,7H2,1-2H3,(H,17,19). The van der Waals surface area contributed by atoms with Crippen LogP contribution in [-0.2, 0) is 16.1 Å². The van der Waals surface area contributed by atoms with Crippen molar-refractivity contribution in [1.29, 1.82) is 0 Å². The molecule has 1 aromatic carbocycles. The van der Waals surface area contributed by atoms with Gasteiger partial charge in [-0.2, -0.15) is 0 Å². The number of carbonyl (C=O) groups excluding carboxylic acids is 2. The van der Waals surface area contributed by atoms with Crippen LogP contribution < -0.4 is 5.32 Å². The largest absolute Gasteiger partial charge is 0.343 e. The predicted molar refractivity (Wildman–Crippen MR) is 73.6 cm³/mol. The summed E-state index contributed by atoms with van der Waals surface area (Å²) in [5, 5.41) is 2.67. The SMILES string of the molecule is CCC1NC(=O)C(C)N(Cc2cccc(Cl)c2F)C1=O. The highest BCUT2D eigenvalue weighted by Crippen LogP contribution is 2.22. The zero-order chi connectivity index (χ0) is 14.9. The van der Waals surface area contributed by atoms with Gasteiger partial charge in [-0.15, -0.1) is 0 Å². The second-order valence-electron chi connectivity index (χ2n) is 4.82. The summed E-state index contributed by atoms with van der Waals surface area (Å²) in [7, 11) is 0. The number of carbonyl (C=O) groups is 2. The van der Waals surface area contributed by atoms with E-state index in [4.69, 9.17) is 11.6 Å². The molecule has 1 fully saturated rings. The Balaban J connectivity index is 2.27. The fraction of sp³-hybridized carbons (Fsp3) is 0.429. The molecule has 1 aliphatic rings. The van der Waals surface area contributed by atoms with Gasteiger partial charge in [0.1, 0.15) is 17.9 Å². The van der Waals surface area contributed by atoms with E-state index in [2.05, 4.69) is 5.32 Å². The molecule has 6 heteroatoms. The number of hydrogen-bond donors (Lipinski definition) is 1. The minimum Gasteiger partial charge on any atom is -0.343 e. The van der Waals surface area contributed by atoms with E-state index in [1.807, 2.05) is 6.92 Å². The van der Waals surface area contributed by atoms with Gasteiger partial charge in [-0.05, 0) is 19.4 Å². The van der Waals surface area contributed by atoms with Crippen molar-refractivity contribution in [3.05, 3.63) is 34.6 Å². The van der Waals surface area contributed by atoms with Crippen LogP contribution in [0.4, 0.5) is 4.39 Å². The van der Waals surface area contributed by atoms with Crippen LogP contribution in [0.2, 0.25) is 5.02 Å². The minimum atomic E-state index is -0.622. The number of nitrogens with one attached hydrogen (secondary N) is 1. The summed E-state index contributed by atoms with van der Waals surface area (Å²) in [5.74, 6) is -0.967. The first kappa shape index (κ1) is 14.8. The molecule has 1 aromatic rings. The second-order valence-corrected chi connectivity index (χ2v) is 5.23.